The van der Waals surface area contributed by atoms with Gasteiger partial charge in [0.1, 0.15) is 0 Å². The molecule has 0 fully saturated rings. The van der Waals surface area contributed by atoms with Crippen LogP contribution in [0, 0.1) is 11.3 Å². The first-order chi connectivity index (χ1) is 9.19. The standard InChI is InChI=1S/C16H18N2S/c1-13(2)18(12-16-4-3-9-19-16)11-15-7-5-14(10-17)6-8-15/h3-9,13H,11-12H2,1-2H3. The topological polar surface area (TPSA) is 27.0 Å². The van der Waals surface area contributed by atoms with Crippen LogP contribution in [0.4, 0.5) is 0 Å². The predicted molar refractivity (Wildman–Crippen MR) is 79.9 cm³/mol. The van der Waals surface area contributed by atoms with Gasteiger partial charge in [-0.1, -0.05) is 18.2 Å². The van der Waals surface area contributed by atoms with E-state index in [0.29, 0.717) is 6.04 Å². The molecule has 98 valence electrons. The highest BCUT2D eigenvalue weighted by molar-refractivity contribution is 7.09. The minimum absolute atomic E-state index is 0.498. The molecular formula is C16H18N2S. The molecule has 0 N–H and O–H groups in total. The molecule has 0 atom stereocenters. The number of thiophene rings is 1. The van der Waals surface area contributed by atoms with E-state index in [1.807, 2.05) is 24.3 Å². The zero-order valence-corrected chi connectivity index (χ0v) is 12.2. The SMILES string of the molecule is CC(C)N(Cc1ccc(C#N)cc1)Cc1cccs1. The van der Waals surface area contributed by atoms with Crippen molar-refractivity contribution >= 4 is 11.3 Å². The van der Waals surface area contributed by atoms with Crippen LogP contribution in [-0.2, 0) is 13.1 Å². The number of nitriles is 1. The normalized spacial score (nSPS) is 10.9. The van der Waals surface area contributed by atoms with E-state index in [4.69, 9.17) is 5.26 Å². The molecule has 0 aliphatic heterocycles. The van der Waals surface area contributed by atoms with Crippen LogP contribution in [0.15, 0.2) is 41.8 Å². The molecule has 0 amide bonds. The van der Waals surface area contributed by atoms with Crippen LogP contribution in [0.3, 0.4) is 0 Å². The predicted octanol–water partition coefficient (Wildman–Crippen LogP) is 4.03. The number of benzene rings is 1. The maximum atomic E-state index is 8.81. The Labute approximate surface area is 118 Å². The molecular weight excluding hydrogens is 252 g/mol. The van der Waals surface area contributed by atoms with Gasteiger partial charge in [-0.15, -0.1) is 11.3 Å². The number of rotatable bonds is 5. The van der Waals surface area contributed by atoms with Crippen LogP contribution < -0.4 is 0 Å². The Hall–Kier alpha value is -1.63. The van der Waals surface area contributed by atoms with Gasteiger partial charge in [0, 0.05) is 24.0 Å². The van der Waals surface area contributed by atoms with Crippen LogP contribution in [0.1, 0.15) is 29.9 Å². The molecule has 0 radical (unpaired) electrons. The summed E-state index contributed by atoms with van der Waals surface area (Å²) in [6, 6.07) is 14.8. The van der Waals surface area contributed by atoms with Crippen molar-refractivity contribution in [3.63, 3.8) is 0 Å². The Bertz CT molecular complexity index is 535. The zero-order chi connectivity index (χ0) is 13.7. The van der Waals surface area contributed by atoms with E-state index in [1.54, 1.807) is 11.3 Å². The van der Waals surface area contributed by atoms with Crippen molar-refractivity contribution in [3.05, 3.63) is 57.8 Å². The third kappa shape index (κ3) is 3.92. The van der Waals surface area contributed by atoms with Gasteiger partial charge >= 0.3 is 0 Å². The summed E-state index contributed by atoms with van der Waals surface area (Å²) in [5, 5.41) is 10.9. The summed E-state index contributed by atoms with van der Waals surface area (Å²) in [6.45, 7) is 6.34. The van der Waals surface area contributed by atoms with E-state index in [9.17, 15) is 0 Å². The molecule has 0 saturated carbocycles. The smallest absolute Gasteiger partial charge is 0.0991 e. The summed E-state index contributed by atoms with van der Waals surface area (Å²) in [7, 11) is 0. The van der Waals surface area contributed by atoms with Gasteiger partial charge in [-0.2, -0.15) is 5.26 Å². The first kappa shape index (κ1) is 13.8. The molecule has 0 unspecified atom stereocenters. The fourth-order valence-electron chi connectivity index (χ4n) is 1.94. The van der Waals surface area contributed by atoms with E-state index in [2.05, 4.69) is 42.3 Å². The minimum Gasteiger partial charge on any atom is -0.292 e. The van der Waals surface area contributed by atoms with Gasteiger partial charge in [0.05, 0.1) is 11.6 Å². The van der Waals surface area contributed by atoms with Crippen LogP contribution in [0.2, 0.25) is 0 Å². The first-order valence-corrected chi connectivity index (χ1v) is 7.32. The summed E-state index contributed by atoms with van der Waals surface area (Å²) in [6.07, 6.45) is 0. The van der Waals surface area contributed by atoms with E-state index in [1.165, 1.54) is 10.4 Å². The van der Waals surface area contributed by atoms with Crippen molar-refractivity contribution in [1.29, 1.82) is 5.26 Å². The summed E-state index contributed by atoms with van der Waals surface area (Å²) in [5.41, 5.74) is 1.97. The molecule has 0 aliphatic rings. The van der Waals surface area contributed by atoms with Crippen molar-refractivity contribution in [2.24, 2.45) is 0 Å². The molecule has 2 nitrogen and oxygen atoms in total. The van der Waals surface area contributed by atoms with Crippen LogP contribution >= 0.6 is 11.3 Å². The first-order valence-electron chi connectivity index (χ1n) is 6.44. The Morgan fingerprint density at radius 3 is 2.42 bits per heavy atom. The molecule has 1 aromatic heterocycles. The van der Waals surface area contributed by atoms with Crippen molar-refractivity contribution in [2.75, 3.05) is 0 Å². The lowest BCUT2D eigenvalue weighted by atomic mass is 10.1. The zero-order valence-electron chi connectivity index (χ0n) is 11.3. The molecule has 1 aromatic carbocycles. The third-order valence-electron chi connectivity index (χ3n) is 3.14. The summed E-state index contributed by atoms with van der Waals surface area (Å²) in [5.74, 6) is 0. The lowest BCUT2D eigenvalue weighted by Crippen LogP contribution is -2.29. The summed E-state index contributed by atoms with van der Waals surface area (Å²) in [4.78, 5) is 3.83. The fraction of sp³-hybridized carbons (Fsp3) is 0.312. The number of hydrogen-bond donors (Lipinski definition) is 0. The lowest BCUT2D eigenvalue weighted by molar-refractivity contribution is 0.205. The van der Waals surface area contributed by atoms with Crippen LogP contribution in [-0.4, -0.2) is 10.9 Å². The van der Waals surface area contributed by atoms with Gasteiger partial charge in [0.2, 0.25) is 0 Å². The summed E-state index contributed by atoms with van der Waals surface area (Å²) >= 11 is 1.80. The second kappa shape index (κ2) is 6.51. The lowest BCUT2D eigenvalue weighted by Gasteiger charge is -2.26. The van der Waals surface area contributed by atoms with Gasteiger partial charge < -0.3 is 0 Å². The fourth-order valence-corrected chi connectivity index (χ4v) is 2.67. The molecule has 0 aliphatic carbocycles. The number of nitrogens with zero attached hydrogens (tertiary/aromatic N) is 2. The van der Waals surface area contributed by atoms with Gasteiger partial charge in [-0.05, 0) is 43.0 Å². The minimum atomic E-state index is 0.498. The van der Waals surface area contributed by atoms with Crippen LogP contribution in [0.25, 0.3) is 0 Å². The molecule has 0 bridgehead atoms. The molecule has 0 spiro atoms. The molecule has 1 heterocycles. The van der Waals surface area contributed by atoms with E-state index in [0.717, 1.165) is 18.7 Å². The largest absolute Gasteiger partial charge is 0.292 e. The second-order valence-electron chi connectivity index (χ2n) is 4.89. The monoisotopic (exact) mass is 270 g/mol. The Morgan fingerprint density at radius 2 is 1.89 bits per heavy atom. The third-order valence-corrected chi connectivity index (χ3v) is 4.00. The van der Waals surface area contributed by atoms with E-state index in [-0.39, 0.29) is 0 Å². The van der Waals surface area contributed by atoms with Crippen LogP contribution in [0.5, 0.6) is 0 Å². The number of hydrogen-bond acceptors (Lipinski definition) is 3. The average molecular weight is 270 g/mol. The van der Waals surface area contributed by atoms with Crippen molar-refractivity contribution in [2.45, 2.75) is 33.0 Å². The molecule has 3 heteroatoms. The highest BCUT2D eigenvalue weighted by atomic mass is 32.1. The Morgan fingerprint density at radius 1 is 1.16 bits per heavy atom. The van der Waals surface area contributed by atoms with E-state index >= 15 is 0 Å². The van der Waals surface area contributed by atoms with Crippen molar-refractivity contribution in [3.8, 4) is 6.07 Å². The maximum absolute atomic E-state index is 8.81. The molecule has 2 rings (SSSR count). The van der Waals surface area contributed by atoms with Gasteiger partial charge in [-0.3, -0.25) is 4.90 Å². The molecule has 19 heavy (non-hydrogen) atoms. The van der Waals surface area contributed by atoms with Crippen molar-refractivity contribution < 1.29 is 0 Å². The van der Waals surface area contributed by atoms with Gasteiger partial charge in [-0.25, -0.2) is 0 Å². The van der Waals surface area contributed by atoms with Gasteiger partial charge in [0.15, 0.2) is 0 Å². The van der Waals surface area contributed by atoms with E-state index < -0.39 is 0 Å². The highest BCUT2D eigenvalue weighted by Crippen LogP contribution is 2.17. The quantitative estimate of drug-likeness (QED) is 0.820. The average Bonchev–Trinajstić information content (AvgIpc) is 2.91. The maximum Gasteiger partial charge on any atom is 0.0991 e. The van der Waals surface area contributed by atoms with Gasteiger partial charge in [0.25, 0.3) is 0 Å². The second-order valence-corrected chi connectivity index (χ2v) is 5.92. The Kier molecular flexibility index (Phi) is 4.73. The highest BCUT2D eigenvalue weighted by Gasteiger charge is 2.11. The Balaban J connectivity index is 2.05. The molecule has 2 aromatic rings. The molecule has 0 saturated heterocycles. The van der Waals surface area contributed by atoms with Crippen molar-refractivity contribution in [1.82, 2.24) is 4.90 Å². The summed E-state index contributed by atoms with van der Waals surface area (Å²) < 4.78 is 0.